The first-order valence-corrected chi connectivity index (χ1v) is 6.29. The lowest BCUT2D eigenvalue weighted by Gasteiger charge is -2.24. The van der Waals surface area contributed by atoms with Crippen LogP contribution in [0.4, 0.5) is 5.69 Å². The van der Waals surface area contributed by atoms with Gasteiger partial charge in [-0.1, -0.05) is 0 Å². The van der Waals surface area contributed by atoms with Gasteiger partial charge in [0.05, 0.1) is 5.56 Å². The van der Waals surface area contributed by atoms with Gasteiger partial charge >= 0.3 is 0 Å². The molecule has 1 fully saturated rings. The van der Waals surface area contributed by atoms with Crippen LogP contribution >= 0.6 is 0 Å². The maximum Gasteiger partial charge on any atom is 0.255 e. The minimum atomic E-state index is -0.156. The van der Waals surface area contributed by atoms with E-state index in [1.54, 1.807) is 12.3 Å². The Morgan fingerprint density at radius 2 is 2.39 bits per heavy atom. The van der Waals surface area contributed by atoms with E-state index in [0.717, 1.165) is 0 Å². The number of nitrogens with zero attached hydrogens (tertiary/aromatic N) is 2. The number of nitrogens with one attached hydrogen (secondary N) is 1. The number of rotatable bonds is 5. The largest absolute Gasteiger partial charge is 0.398 e. The van der Waals surface area contributed by atoms with E-state index in [4.69, 9.17) is 5.73 Å². The molecule has 0 bridgehead atoms. The topological polar surface area (TPSA) is 71.2 Å². The van der Waals surface area contributed by atoms with Gasteiger partial charge in [0.25, 0.3) is 5.91 Å². The van der Waals surface area contributed by atoms with Crippen molar-refractivity contribution in [3.8, 4) is 0 Å². The van der Waals surface area contributed by atoms with Crippen molar-refractivity contribution in [1.82, 2.24) is 15.2 Å². The number of amides is 1. The first-order chi connectivity index (χ1) is 8.59. The average Bonchev–Trinajstić information content (AvgIpc) is 3.19. The molecule has 1 aliphatic rings. The van der Waals surface area contributed by atoms with Gasteiger partial charge in [-0.05, 0) is 32.9 Å². The van der Waals surface area contributed by atoms with Crippen LogP contribution in [-0.2, 0) is 0 Å². The molecule has 1 aromatic heterocycles. The number of hydrogen-bond donors (Lipinski definition) is 2. The normalized spacial score (nSPS) is 16.6. The molecule has 1 aromatic rings. The van der Waals surface area contributed by atoms with Gasteiger partial charge in [0.15, 0.2) is 0 Å². The monoisotopic (exact) mass is 248 g/mol. The van der Waals surface area contributed by atoms with Crippen LogP contribution in [0.15, 0.2) is 18.5 Å². The van der Waals surface area contributed by atoms with Crippen molar-refractivity contribution in [2.45, 2.75) is 31.8 Å². The standard InChI is InChI=1S/C13H20N4O/c1-9(17(2)10-3-4-10)7-16-13(18)11-8-15-6-5-12(11)14/h5-6,8-10H,3-4,7H2,1-2H3,(H2,14,15)(H,16,18). The van der Waals surface area contributed by atoms with Crippen molar-refractivity contribution in [2.24, 2.45) is 0 Å². The molecule has 1 atom stereocenters. The zero-order chi connectivity index (χ0) is 13.1. The van der Waals surface area contributed by atoms with Gasteiger partial charge in [-0.15, -0.1) is 0 Å². The van der Waals surface area contributed by atoms with Crippen LogP contribution in [0, 0.1) is 0 Å². The summed E-state index contributed by atoms with van der Waals surface area (Å²) in [5.74, 6) is -0.156. The number of carbonyl (C=O) groups excluding carboxylic acids is 1. The molecule has 0 spiro atoms. The van der Waals surface area contributed by atoms with Gasteiger partial charge in [-0.2, -0.15) is 0 Å². The number of aromatic nitrogens is 1. The van der Waals surface area contributed by atoms with E-state index in [1.807, 2.05) is 0 Å². The van der Waals surface area contributed by atoms with Crippen LogP contribution < -0.4 is 11.1 Å². The minimum Gasteiger partial charge on any atom is -0.398 e. The molecule has 3 N–H and O–H groups in total. The molecule has 1 unspecified atom stereocenters. The number of likely N-dealkylation sites (N-methyl/N-ethyl adjacent to an activating group) is 1. The Morgan fingerprint density at radius 1 is 1.67 bits per heavy atom. The van der Waals surface area contributed by atoms with Crippen LogP contribution in [0.3, 0.4) is 0 Å². The number of nitrogens with two attached hydrogens (primary N) is 1. The molecule has 0 aliphatic heterocycles. The van der Waals surface area contributed by atoms with Gasteiger partial charge in [-0.25, -0.2) is 0 Å². The average molecular weight is 248 g/mol. The number of hydrogen-bond acceptors (Lipinski definition) is 4. The second-order valence-electron chi connectivity index (χ2n) is 4.92. The fraction of sp³-hybridized carbons (Fsp3) is 0.538. The molecule has 1 heterocycles. The molecule has 0 aromatic carbocycles. The van der Waals surface area contributed by atoms with E-state index in [-0.39, 0.29) is 5.91 Å². The molecule has 5 nitrogen and oxygen atoms in total. The van der Waals surface area contributed by atoms with Crippen LogP contribution in [0.5, 0.6) is 0 Å². The summed E-state index contributed by atoms with van der Waals surface area (Å²) in [5.41, 5.74) is 6.64. The summed E-state index contributed by atoms with van der Waals surface area (Å²) in [5, 5.41) is 2.90. The molecule has 1 saturated carbocycles. The molecule has 18 heavy (non-hydrogen) atoms. The predicted octanol–water partition coefficient (Wildman–Crippen LogP) is 0.876. The highest BCUT2D eigenvalue weighted by atomic mass is 16.1. The van der Waals surface area contributed by atoms with Crippen molar-refractivity contribution in [3.05, 3.63) is 24.0 Å². The second-order valence-corrected chi connectivity index (χ2v) is 4.92. The van der Waals surface area contributed by atoms with Crippen molar-refractivity contribution >= 4 is 11.6 Å². The van der Waals surface area contributed by atoms with E-state index in [0.29, 0.717) is 29.9 Å². The minimum absolute atomic E-state index is 0.156. The van der Waals surface area contributed by atoms with Crippen LogP contribution in [0.1, 0.15) is 30.1 Å². The molecule has 1 amide bonds. The van der Waals surface area contributed by atoms with E-state index in [1.165, 1.54) is 19.0 Å². The molecule has 0 radical (unpaired) electrons. The SMILES string of the molecule is CC(CNC(=O)c1cnccc1N)N(C)C1CC1. The number of pyridine rings is 1. The van der Waals surface area contributed by atoms with Crippen molar-refractivity contribution < 1.29 is 4.79 Å². The van der Waals surface area contributed by atoms with Crippen molar-refractivity contribution in [2.75, 3.05) is 19.3 Å². The van der Waals surface area contributed by atoms with Crippen LogP contribution in [0.25, 0.3) is 0 Å². The fourth-order valence-electron chi connectivity index (χ4n) is 1.92. The number of nitrogen functional groups attached to an aromatic ring is 1. The zero-order valence-electron chi connectivity index (χ0n) is 10.9. The predicted molar refractivity (Wildman–Crippen MR) is 71.2 cm³/mol. The van der Waals surface area contributed by atoms with Gasteiger partial charge in [-0.3, -0.25) is 14.7 Å². The Labute approximate surface area is 107 Å². The third-order valence-corrected chi connectivity index (χ3v) is 3.48. The quantitative estimate of drug-likeness (QED) is 0.811. The lowest BCUT2D eigenvalue weighted by molar-refractivity contribution is 0.0940. The van der Waals surface area contributed by atoms with Gasteiger partial charge < -0.3 is 11.1 Å². The lowest BCUT2D eigenvalue weighted by Crippen LogP contribution is -2.41. The highest BCUT2D eigenvalue weighted by Gasteiger charge is 2.29. The molecule has 98 valence electrons. The molecule has 5 heteroatoms. The summed E-state index contributed by atoms with van der Waals surface area (Å²) in [6.45, 7) is 2.74. The first kappa shape index (κ1) is 12.8. The highest BCUT2D eigenvalue weighted by molar-refractivity contribution is 5.98. The third kappa shape index (κ3) is 2.98. The van der Waals surface area contributed by atoms with E-state index >= 15 is 0 Å². The first-order valence-electron chi connectivity index (χ1n) is 6.29. The fourth-order valence-corrected chi connectivity index (χ4v) is 1.92. The Kier molecular flexibility index (Phi) is 3.81. The lowest BCUT2D eigenvalue weighted by atomic mass is 10.2. The Morgan fingerprint density at radius 3 is 3.00 bits per heavy atom. The summed E-state index contributed by atoms with van der Waals surface area (Å²) in [6.07, 6.45) is 5.62. The second kappa shape index (κ2) is 5.35. The molecular weight excluding hydrogens is 228 g/mol. The summed E-state index contributed by atoms with van der Waals surface area (Å²) >= 11 is 0. The van der Waals surface area contributed by atoms with Crippen LogP contribution in [0.2, 0.25) is 0 Å². The zero-order valence-corrected chi connectivity index (χ0v) is 10.9. The van der Waals surface area contributed by atoms with E-state index in [2.05, 4.69) is 29.2 Å². The number of carbonyl (C=O) groups is 1. The third-order valence-electron chi connectivity index (χ3n) is 3.48. The van der Waals surface area contributed by atoms with E-state index < -0.39 is 0 Å². The Hall–Kier alpha value is -1.62. The van der Waals surface area contributed by atoms with Gasteiger partial charge in [0, 0.05) is 36.7 Å². The number of anilines is 1. The maximum absolute atomic E-state index is 11.9. The molecule has 0 saturated heterocycles. The maximum atomic E-state index is 11.9. The Balaban J connectivity index is 1.86. The van der Waals surface area contributed by atoms with Crippen molar-refractivity contribution in [3.63, 3.8) is 0 Å². The molecule has 1 aliphatic carbocycles. The van der Waals surface area contributed by atoms with Gasteiger partial charge in [0.2, 0.25) is 0 Å². The summed E-state index contributed by atoms with van der Waals surface area (Å²) in [6, 6.07) is 2.66. The molecule has 2 rings (SSSR count). The smallest absolute Gasteiger partial charge is 0.255 e. The van der Waals surface area contributed by atoms with Crippen molar-refractivity contribution in [1.29, 1.82) is 0 Å². The Bertz CT molecular complexity index is 431. The summed E-state index contributed by atoms with van der Waals surface area (Å²) < 4.78 is 0. The van der Waals surface area contributed by atoms with E-state index in [9.17, 15) is 4.79 Å². The summed E-state index contributed by atoms with van der Waals surface area (Å²) in [7, 11) is 2.10. The highest BCUT2D eigenvalue weighted by Crippen LogP contribution is 2.26. The van der Waals surface area contributed by atoms with Crippen LogP contribution in [-0.4, -0.2) is 41.5 Å². The summed E-state index contributed by atoms with van der Waals surface area (Å²) in [4.78, 5) is 18.2. The van der Waals surface area contributed by atoms with Gasteiger partial charge in [0.1, 0.15) is 0 Å². The molecular formula is C13H20N4O.